The molecule has 0 aromatic rings. The first kappa shape index (κ1) is 16.0. The number of hydrogen-bond acceptors (Lipinski definition) is 7. The van der Waals surface area contributed by atoms with Crippen molar-refractivity contribution >= 4 is 11.9 Å². The molecule has 0 bridgehead atoms. The maximum absolute atomic E-state index is 11.2. The number of carbonyl (C=O) groups excluding carboxylic acids is 2. The van der Waals surface area contributed by atoms with Gasteiger partial charge in [-0.15, -0.1) is 0 Å². The van der Waals surface area contributed by atoms with Gasteiger partial charge in [0, 0.05) is 0 Å². The maximum atomic E-state index is 11.2. The minimum Gasteiger partial charge on any atom is -0.389 e. The number of esters is 2. The molecule has 0 aliphatic carbocycles. The number of hydrogen-bond donors (Lipinski definition) is 4. The van der Waals surface area contributed by atoms with Crippen LogP contribution >= 0.6 is 0 Å². The van der Waals surface area contributed by atoms with Gasteiger partial charge in [-0.25, -0.2) is 9.59 Å². The molecule has 4 N–H and O–H groups in total. The molecule has 0 rings (SSSR count). The van der Waals surface area contributed by atoms with E-state index in [1.54, 1.807) is 0 Å². The highest BCUT2D eigenvalue weighted by molar-refractivity contribution is 5.90. The summed E-state index contributed by atoms with van der Waals surface area (Å²) in [5.41, 5.74) is -3.56. The van der Waals surface area contributed by atoms with Crippen molar-refractivity contribution in [3.8, 4) is 0 Å². The van der Waals surface area contributed by atoms with Crippen molar-refractivity contribution in [3.05, 3.63) is 0 Å². The minimum absolute atomic E-state index is 1.15. The molecule has 0 fully saturated rings. The van der Waals surface area contributed by atoms with Gasteiger partial charge in [0.15, 0.2) is 12.2 Å². The molecule has 0 aromatic heterocycles. The molecule has 0 saturated carbocycles. The highest BCUT2D eigenvalue weighted by atomic mass is 16.6. The zero-order valence-electron chi connectivity index (χ0n) is 10.2. The van der Waals surface area contributed by atoms with Crippen LogP contribution in [0, 0.1) is 0 Å². The van der Waals surface area contributed by atoms with Crippen molar-refractivity contribution in [1.29, 1.82) is 0 Å². The second-order valence-electron chi connectivity index (χ2n) is 4.85. The van der Waals surface area contributed by atoms with Gasteiger partial charge < -0.3 is 25.2 Å². The van der Waals surface area contributed by atoms with Crippen LogP contribution in [0.2, 0.25) is 0 Å². The molecule has 0 amide bonds. The number of carbonyl (C=O) groups is 2. The van der Waals surface area contributed by atoms with Gasteiger partial charge in [-0.2, -0.15) is 0 Å². The van der Waals surface area contributed by atoms with E-state index in [1.807, 2.05) is 0 Å². The van der Waals surface area contributed by atoms with E-state index in [0.29, 0.717) is 0 Å². The molecule has 100 valence electrons. The van der Waals surface area contributed by atoms with E-state index in [4.69, 9.17) is 0 Å². The van der Waals surface area contributed by atoms with Crippen LogP contribution in [0.1, 0.15) is 27.7 Å². The topological polar surface area (TPSA) is 124 Å². The van der Waals surface area contributed by atoms with Gasteiger partial charge in [0.05, 0.1) is 11.2 Å². The van der Waals surface area contributed by atoms with E-state index in [2.05, 4.69) is 4.74 Å². The lowest BCUT2D eigenvalue weighted by molar-refractivity contribution is -0.184. The first-order valence-electron chi connectivity index (χ1n) is 4.93. The molecule has 0 saturated heterocycles. The molecule has 0 aliphatic rings. The first-order chi connectivity index (χ1) is 7.37. The van der Waals surface area contributed by atoms with Gasteiger partial charge >= 0.3 is 11.9 Å². The lowest BCUT2D eigenvalue weighted by atomic mass is 10.0. The van der Waals surface area contributed by atoms with Crippen LogP contribution < -0.4 is 0 Å². The summed E-state index contributed by atoms with van der Waals surface area (Å²) in [6.07, 6.45) is -3.86. The largest absolute Gasteiger partial charge is 0.389 e. The van der Waals surface area contributed by atoms with E-state index in [1.165, 1.54) is 0 Å². The van der Waals surface area contributed by atoms with Crippen molar-refractivity contribution in [2.45, 2.75) is 51.1 Å². The van der Waals surface area contributed by atoms with Crippen molar-refractivity contribution < 1.29 is 34.8 Å². The fraction of sp³-hybridized carbons (Fsp3) is 0.800. The maximum Gasteiger partial charge on any atom is 0.345 e. The molecule has 2 atom stereocenters. The molecule has 7 nitrogen and oxygen atoms in total. The van der Waals surface area contributed by atoms with E-state index in [9.17, 15) is 30.0 Å². The summed E-state index contributed by atoms with van der Waals surface area (Å²) in [7, 11) is 0. The van der Waals surface area contributed by atoms with E-state index in [-0.39, 0.29) is 0 Å². The summed E-state index contributed by atoms with van der Waals surface area (Å²) in [5.74, 6) is -2.79. The normalized spacial score (nSPS) is 16.2. The molecule has 17 heavy (non-hydrogen) atoms. The number of aliphatic hydroxyl groups is 4. The van der Waals surface area contributed by atoms with Gasteiger partial charge in [-0.1, -0.05) is 0 Å². The second-order valence-corrected chi connectivity index (χ2v) is 4.85. The Labute approximate surface area is 98.6 Å². The van der Waals surface area contributed by atoms with Crippen molar-refractivity contribution in [2.24, 2.45) is 0 Å². The minimum atomic E-state index is -1.93. The number of ether oxygens (including phenoxy) is 1. The SMILES string of the molecule is CC(C)(O)C(O)C(=O)OC(=O)C(O)C(C)(C)O. The molecule has 0 aromatic carbocycles. The standard InChI is InChI=1S/C10H18O7/c1-9(2,15)5(11)7(13)17-8(14)6(12)10(3,4)16/h5-6,11-12,15-16H,1-4H3. The molecule has 0 aliphatic heterocycles. The second kappa shape index (κ2) is 5.09. The Kier molecular flexibility index (Phi) is 4.79. The molecule has 0 radical (unpaired) electrons. The van der Waals surface area contributed by atoms with Crippen LogP contribution in [-0.4, -0.2) is 55.8 Å². The Balaban J connectivity index is 4.57. The Morgan fingerprint density at radius 1 is 0.882 bits per heavy atom. The van der Waals surface area contributed by atoms with Crippen LogP contribution in [0.5, 0.6) is 0 Å². The average Bonchev–Trinajstić information content (AvgIpc) is 2.12. The molecule has 7 heteroatoms. The number of aliphatic hydroxyl groups excluding tert-OH is 2. The van der Waals surface area contributed by atoms with E-state index >= 15 is 0 Å². The molecular weight excluding hydrogens is 232 g/mol. The highest BCUT2D eigenvalue weighted by Gasteiger charge is 2.38. The van der Waals surface area contributed by atoms with E-state index in [0.717, 1.165) is 27.7 Å². The predicted molar refractivity (Wildman–Crippen MR) is 55.7 cm³/mol. The van der Waals surface area contributed by atoms with Crippen molar-refractivity contribution in [3.63, 3.8) is 0 Å². The Morgan fingerprint density at radius 3 is 1.29 bits per heavy atom. The first-order valence-corrected chi connectivity index (χ1v) is 4.93. The summed E-state index contributed by atoms with van der Waals surface area (Å²) in [5, 5.41) is 37.1. The fourth-order valence-corrected chi connectivity index (χ4v) is 0.788. The Bertz CT molecular complexity index is 267. The monoisotopic (exact) mass is 250 g/mol. The van der Waals surface area contributed by atoms with E-state index < -0.39 is 35.3 Å². The summed E-state index contributed by atoms with van der Waals surface area (Å²) in [6.45, 7) is 4.59. The molecule has 0 heterocycles. The summed E-state index contributed by atoms with van der Waals surface area (Å²) in [4.78, 5) is 22.4. The number of rotatable bonds is 4. The molecule has 0 spiro atoms. The van der Waals surface area contributed by atoms with Gasteiger partial charge in [0.2, 0.25) is 0 Å². The Morgan fingerprint density at radius 2 is 1.12 bits per heavy atom. The van der Waals surface area contributed by atoms with Gasteiger partial charge in [-0.05, 0) is 27.7 Å². The summed E-state index contributed by atoms with van der Waals surface area (Å²) >= 11 is 0. The van der Waals surface area contributed by atoms with Crippen LogP contribution in [0.4, 0.5) is 0 Å². The lowest BCUT2D eigenvalue weighted by Crippen LogP contribution is -2.48. The van der Waals surface area contributed by atoms with Crippen molar-refractivity contribution in [2.75, 3.05) is 0 Å². The average molecular weight is 250 g/mol. The Hall–Kier alpha value is -1.02. The fourth-order valence-electron chi connectivity index (χ4n) is 0.788. The quantitative estimate of drug-likeness (QED) is 0.347. The van der Waals surface area contributed by atoms with Gasteiger partial charge in [0.25, 0.3) is 0 Å². The van der Waals surface area contributed by atoms with Crippen LogP contribution in [-0.2, 0) is 14.3 Å². The lowest BCUT2D eigenvalue weighted by Gasteiger charge is -2.25. The van der Waals surface area contributed by atoms with Crippen LogP contribution in [0.15, 0.2) is 0 Å². The summed E-state index contributed by atoms with van der Waals surface area (Å²) < 4.78 is 4.13. The third kappa shape index (κ3) is 4.78. The summed E-state index contributed by atoms with van der Waals surface area (Å²) in [6, 6.07) is 0. The molecule has 2 unspecified atom stereocenters. The third-order valence-corrected chi connectivity index (χ3v) is 1.99. The highest BCUT2D eigenvalue weighted by Crippen LogP contribution is 2.13. The van der Waals surface area contributed by atoms with Gasteiger partial charge in [0.1, 0.15) is 0 Å². The zero-order chi connectivity index (χ0) is 14.0. The molecular formula is C10H18O7. The van der Waals surface area contributed by atoms with Crippen LogP contribution in [0.25, 0.3) is 0 Å². The predicted octanol–water partition coefficient (Wildman–Crippen LogP) is -1.68. The smallest absolute Gasteiger partial charge is 0.345 e. The van der Waals surface area contributed by atoms with Crippen LogP contribution in [0.3, 0.4) is 0 Å². The zero-order valence-corrected chi connectivity index (χ0v) is 10.2. The third-order valence-electron chi connectivity index (χ3n) is 1.99. The van der Waals surface area contributed by atoms with Gasteiger partial charge in [-0.3, -0.25) is 0 Å². The van der Waals surface area contributed by atoms with Crippen molar-refractivity contribution in [1.82, 2.24) is 0 Å².